The fraction of sp³-hybridized carbons (Fsp3) is 1.00. The fourth-order valence-electron chi connectivity index (χ4n) is 4.45. The van der Waals surface area contributed by atoms with Crippen molar-refractivity contribution in [3.8, 4) is 0 Å². The van der Waals surface area contributed by atoms with E-state index in [0.29, 0.717) is 24.4 Å². The van der Waals surface area contributed by atoms with Gasteiger partial charge in [-0.1, -0.05) is 6.92 Å². The second kappa shape index (κ2) is 15.8. The third kappa shape index (κ3) is 18.4. The van der Waals surface area contributed by atoms with Gasteiger partial charge >= 0.3 is 18.5 Å². The zero-order valence-electron chi connectivity index (χ0n) is 24.6. The fourth-order valence-corrected chi connectivity index (χ4v) is 5.65. The molecule has 0 aromatic heterocycles. The van der Waals surface area contributed by atoms with Crippen LogP contribution in [-0.2, 0) is 10.0 Å². The van der Waals surface area contributed by atoms with Crippen molar-refractivity contribution in [3.05, 3.63) is 0 Å². The summed E-state index contributed by atoms with van der Waals surface area (Å²) < 4.78 is 216. The Morgan fingerprint density at radius 3 is 1.61 bits per heavy atom. The molecule has 44 heavy (non-hydrogen) atoms. The van der Waals surface area contributed by atoms with Crippen molar-refractivity contribution in [2.45, 2.75) is 94.8 Å². The Hall–Kier alpha value is -0.820. The summed E-state index contributed by atoms with van der Waals surface area (Å²) in [6, 6.07) is 0. The van der Waals surface area contributed by atoms with Crippen molar-refractivity contribution in [1.82, 2.24) is 4.72 Å². The average molecular weight is 721 g/mol. The zero-order chi connectivity index (χ0) is 34.5. The van der Waals surface area contributed by atoms with E-state index in [1.54, 1.807) is 21.1 Å². The van der Waals surface area contributed by atoms with Crippen LogP contribution in [0.1, 0.15) is 58.8 Å². The molecule has 0 spiro atoms. The first-order valence-electron chi connectivity index (χ1n) is 13.1. The molecule has 0 aliphatic carbocycles. The largest absolute Gasteiger partial charge is 1.00 e. The number of nitrogens with one attached hydrogen (secondary N) is 1. The lowest BCUT2D eigenvalue weighted by Crippen LogP contribution is -3.00. The van der Waals surface area contributed by atoms with E-state index < -0.39 is 108 Å². The molecule has 0 bridgehead atoms. The number of quaternary nitrogens is 1. The molecule has 0 fully saturated rings. The Morgan fingerprint density at radius 1 is 0.727 bits per heavy atom. The van der Waals surface area contributed by atoms with Gasteiger partial charge in [0.1, 0.15) is 0 Å². The normalized spacial score (nSPS) is 17.9. The summed E-state index contributed by atoms with van der Waals surface area (Å²) in [6.45, 7) is 0.775. The Balaban J connectivity index is 0. The van der Waals surface area contributed by atoms with Gasteiger partial charge in [0.25, 0.3) is 11.8 Å². The van der Waals surface area contributed by atoms with Crippen LogP contribution in [0.2, 0.25) is 0 Å². The van der Waals surface area contributed by atoms with E-state index >= 15 is 0 Å². The molecule has 0 radical (unpaired) electrons. The van der Waals surface area contributed by atoms with Crippen LogP contribution < -0.4 is 17.1 Å². The Kier molecular flexibility index (Phi) is 16.3. The molecule has 0 aliphatic rings. The first-order chi connectivity index (χ1) is 18.7. The predicted molar refractivity (Wildman–Crippen MR) is 131 cm³/mol. The van der Waals surface area contributed by atoms with Crippen LogP contribution >= 0.6 is 0 Å². The summed E-state index contributed by atoms with van der Waals surface area (Å²) in [4.78, 5) is 0. The van der Waals surface area contributed by atoms with E-state index in [1.807, 2.05) is 0 Å². The maximum Gasteiger partial charge on any atom is 0.422 e. The summed E-state index contributed by atoms with van der Waals surface area (Å²) in [7, 11) is 1.09. The Morgan fingerprint density at radius 2 is 1.20 bits per heavy atom. The summed E-state index contributed by atoms with van der Waals surface area (Å²) in [6.07, 6.45) is -27.7. The van der Waals surface area contributed by atoms with Crippen LogP contribution in [0.25, 0.3) is 0 Å². The number of hydrogen-bond donors (Lipinski definition) is 1. The summed E-state index contributed by atoms with van der Waals surface area (Å²) in [5, 5.41) is 0. The first-order valence-corrected chi connectivity index (χ1v) is 14.8. The molecule has 4 nitrogen and oxygen atoms in total. The molecular weight excluding hydrogens is 682 g/mol. The molecule has 0 saturated heterocycles. The lowest BCUT2D eigenvalue weighted by molar-refractivity contribution is -0.870. The Bertz CT molecular complexity index is 962. The van der Waals surface area contributed by atoms with Crippen molar-refractivity contribution in [2.24, 2.45) is 17.8 Å². The smallest absolute Gasteiger partial charge is 0.422 e. The standard InChI is InChI=1S/C24H39F14N2O2S.ClH/c1-16(13-20(26,27)15-21(28,29)14-19(2,25)24(36,37)38)11-18(23(33,34)35)12-17(22(30,31)32)7-10-43(41,42)39-8-6-9-40(3,4)5;/h16-18,39H,6-15H2,1-5H3;1H/q+1;/p-1. The molecule has 4 unspecified atom stereocenters. The summed E-state index contributed by atoms with van der Waals surface area (Å²) in [5.41, 5.74) is -4.55. The van der Waals surface area contributed by atoms with Gasteiger partial charge in [0, 0.05) is 19.4 Å². The summed E-state index contributed by atoms with van der Waals surface area (Å²) >= 11 is 0. The lowest BCUT2D eigenvalue weighted by atomic mass is 9.83. The molecule has 0 amide bonds. The highest BCUT2D eigenvalue weighted by molar-refractivity contribution is 7.89. The van der Waals surface area contributed by atoms with Crippen LogP contribution in [0.3, 0.4) is 0 Å². The van der Waals surface area contributed by atoms with Gasteiger partial charge in [-0.25, -0.2) is 35.1 Å². The quantitative estimate of drug-likeness (QED) is 0.125. The second-order valence-electron chi connectivity index (χ2n) is 12.4. The second-order valence-corrected chi connectivity index (χ2v) is 14.3. The zero-order valence-corrected chi connectivity index (χ0v) is 26.2. The van der Waals surface area contributed by atoms with Crippen LogP contribution in [0.4, 0.5) is 61.5 Å². The van der Waals surface area contributed by atoms with Gasteiger partial charge in [-0.05, 0) is 32.1 Å². The number of rotatable bonds is 18. The molecular formula is C24H39ClF14N2O2S. The molecule has 268 valence electrons. The third-order valence-electron chi connectivity index (χ3n) is 6.59. The minimum atomic E-state index is -5.82. The van der Waals surface area contributed by atoms with E-state index in [9.17, 15) is 69.9 Å². The van der Waals surface area contributed by atoms with E-state index in [4.69, 9.17) is 0 Å². The topological polar surface area (TPSA) is 46.2 Å². The number of hydrogen-bond acceptors (Lipinski definition) is 2. The number of alkyl halides is 14. The maximum atomic E-state index is 14.3. The van der Waals surface area contributed by atoms with Gasteiger partial charge in [0.05, 0.1) is 58.1 Å². The average Bonchev–Trinajstić information content (AvgIpc) is 2.67. The van der Waals surface area contributed by atoms with Crippen molar-refractivity contribution < 1.29 is 86.8 Å². The van der Waals surface area contributed by atoms with E-state index in [2.05, 4.69) is 4.72 Å². The van der Waals surface area contributed by atoms with Crippen molar-refractivity contribution >= 4 is 10.0 Å². The highest BCUT2D eigenvalue weighted by Gasteiger charge is 2.59. The van der Waals surface area contributed by atoms with E-state index in [0.717, 1.165) is 0 Å². The summed E-state index contributed by atoms with van der Waals surface area (Å²) in [5.74, 6) is -18.3. The maximum absolute atomic E-state index is 14.3. The van der Waals surface area contributed by atoms with Gasteiger partial charge < -0.3 is 16.9 Å². The highest BCUT2D eigenvalue weighted by Crippen LogP contribution is 2.47. The highest BCUT2D eigenvalue weighted by atomic mass is 35.5. The van der Waals surface area contributed by atoms with E-state index in [1.165, 1.54) is 0 Å². The third-order valence-corrected chi connectivity index (χ3v) is 8.01. The molecule has 0 aliphatic heterocycles. The van der Waals surface area contributed by atoms with Gasteiger partial charge in [-0.3, -0.25) is 0 Å². The molecule has 4 atom stereocenters. The van der Waals surface area contributed by atoms with Crippen LogP contribution in [-0.4, -0.2) is 88.9 Å². The number of halogens is 15. The van der Waals surface area contributed by atoms with Crippen LogP contribution in [0.15, 0.2) is 0 Å². The molecule has 0 saturated carbocycles. The molecule has 0 heterocycles. The minimum absolute atomic E-state index is 0. The monoisotopic (exact) mass is 720 g/mol. The predicted octanol–water partition coefficient (Wildman–Crippen LogP) is 4.90. The minimum Gasteiger partial charge on any atom is -1.00 e. The van der Waals surface area contributed by atoms with Gasteiger partial charge in [-0.2, -0.15) is 39.5 Å². The van der Waals surface area contributed by atoms with Crippen LogP contribution in [0, 0.1) is 17.8 Å². The lowest BCUT2D eigenvalue weighted by Gasteiger charge is -2.32. The Labute approximate surface area is 254 Å². The van der Waals surface area contributed by atoms with Crippen molar-refractivity contribution in [2.75, 3.05) is 40.0 Å². The van der Waals surface area contributed by atoms with Gasteiger partial charge in [-0.15, -0.1) is 0 Å². The first kappa shape index (κ1) is 45.3. The number of nitrogens with zero attached hydrogens (tertiary/aromatic N) is 1. The molecule has 0 rings (SSSR count). The van der Waals surface area contributed by atoms with Gasteiger partial charge in [0.2, 0.25) is 15.7 Å². The number of sulfonamides is 1. The SMILES string of the molecule is CC(CC(CC(CCS(=O)(=O)NCCC[N+](C)(C)C)C(F)(F)F)C(F)(F)F)CC(F)(F)CC(F)(F)CC(C)(F)C(F)(F)F.[Cl-]. The van der Waals surface area contributed by atoms with E-state index in [-0.39, 0.29) is 25.9 Å². The van der Waals surface area contributed by atoms with Crippen molar-refractivity contribution in [3.63, 3.8) is 0 Å². The van der Waals surface area contributed by atoms with Gasteiger partial charge in [0.15, 0.2) is 0 Å². The molecule has 0 aromatic carbocycles. The van der Waals surface area contributed by atoms with Crippen molar-refractivity contribution in [1.29, 1.82) is 0 Å². The molecule has 0 aromatic rings. The van der Waals surface area contributed by atoms with Crippen LogP contribution in [0.5, 0.6) is 0 Å². The molecule has 1 N–H and O–H groups in total. The molecule has 20 heteroatoms.